The van der Waals surface area contributed by atoms with E-state index in [2.05, 4.69) is 29.5 Å². The van der Waals surface area contributed by atoms with Crippen LogP contribution in [0.3, 0.4) is 0 Å². The molecule has 1 aromatic heterocycles. The van der Waals surface area contributed by atoms with Crippen molar-refractivity contribution in [3.63, 3.8) is 0 Å². The van der Waals surface area contributed by atoms with Gasteiger partial charge in [-0.1, -0.05) is 13.8 Å². The van der Waals surface area contributed by atoms with Crippen LogP contribution in [0.4, 0.5) is 0 Å². The lowest BCUT2D eigenvalue weighted by molar-refractivity contribution is -0.123. The van der Waals surface area contributed by atoms with Crippen molar-refractivity contribution in [3.05, 3.63) is 16.6 Å². The minimum atomic E-state index is -0.156. The Bertz CT molecular complexity index is 338. The second-order valence-corrected chi connectivity index (χ2v) is 5.32. The van der Waals surface area contributed by atoms with Gasteiger partial charge in [-0.25, -0.2) is 4.98 Å². The van der Waals surface area contributed by atoms with Crippen molar-refractivity contribution >= 4 is 17.2 Å². The Balaban J connectivity index is 2.62. The van der Waals surface area contributed by atoms with Crippen LogP contribution in [0.1, 0.15) is 38.9 Å². The predicted octanol–water partition coefficient (Wildman–Crippen LogP) is 1.95. The Labute approximate surface area is 107 Å². The highest BCUT2D eigenvalue weighted by atomic mass is 32.1. The quantitative estimate of drug-likeness (QED) is 0.817. The Morgan fingerprint density at radius 1 is 1.47 bits per heavy atom. The van der Waals surface area contributed by atoms with E-state index in [0.29, 0.717) is 5.92 Å². The van der Waals surface area contributed by atoms with Crippen LogP contribution in [-0.2, 0) is 4.79 Å². The minimum Gasteiger partial charge on any atom is -0.358 e. The van der Waals surface area contributed by atoms with Crippen LogP contribution in [0.25, 0.3) is 0 Å². The maximum Gasteiger partial charge on any atom is 0.236 e. The summed E-state index contributed by atoms with van der Waals surface area (Å²) in [5.74, 6) is 0.521. The fourth-order valence-electron chi connectivity index (χ4n) is 1.72. The lowest BCUT2D eigenvalue weighted by Crippen LogP contribution is -2.44. The van der Waals surface area contributed by atoms with Crippen molar-refractivity contribution in [2.24, 2.45) is 5.92 Å². The van der Waals surface area contributed by atoms with Crippen molar-refractivity contribution in [3.8, 4) is 0 Å². The van der Waals surface area contributed by atoms with Gasteiger partial charge in [0.05, 0.1) is 17.2 Å². The number of carbonyl (C=O) groups excluding carboxylic acids is 1. The zero-order chi connectivity index (χ0) is 12.8. The van der Waals surface area contributed by atoms with Crippen LogP contribution in [-0.4, -0.2) is 24.0 Å². The second kappa shape index (κ2) is 6.71. The molecule has 0 fully saturated rings. The molecule has 1 rings (SSSR count). The summed E-state index contributed by atoms with van der Waals surface area (Å²) in [4.78, 5) is 16.0. The fraction of sp³-hybridized carbons (Fsp3) is 0.667. The molecule has 2 unspecified atom stereocenters. The van der Waals surface area contributed by atoms with Crippen molar-refractivity contribution < 1.29 is 4.79 Å². The number of thiazole rings is 1. The van der Waals surface area contributed by atoms with Gasteiger partial charge in [0.25, 0.3) is 0 Å². The molecule has 2 N–H and O–H groups in total. The van der Waals surface area contributed by atoms with Crippen molar-refractivity contribution in [2.75, 3.05) is 7.05 Å². The molecule has 96 valence electrons. The molecule has 0 spiro atoms. The predicted molar refractivity (Wildman–Crippen MR) is 71.0 cm³/mol. The summed E-state index contributed by atoms with van der Waals surface area (Å²) in [5.41, 5.74) is 2.80. The third-order valence-electron chi connectivity index (χ3n) is 2.62. The summed E-state index contributed by atoms with van der Waals surface area (Å²) in [5, 5.41) is 8.04. The molecule has 0 radical (unpaired) electrons. The molecule has 0 saturated heterocycles. The summed E-state index contributed by atoms with van der Waals surface area (Å²) in [6.45, 7) is 6.27. The summed E-state index contributed by atoms with van der Waals surface area (Å²) in [7, 11) is 1.67. The van der Waals surface area contributed by atoms with Gasteiger partial charge in [0.1, 0.15) is 0 Å². The summed E-state index contributed by atoms with van der Waals surface area (Å²) in [6.07, 6.45) is 0.828. The maximum absolute atomic E-state index is 11.8. The Morgan fingerprint density at radius 3 is 2.65 bits per heavy atom. The second-order valence-electron chi connectivity index (χ2n) is 4.60. The molecule has 0 bridgehead atoms. The first kappa shape index (κ1) is 14.1. The third-order valence-corrected chi connectivity index (χ3v) is 3.22. The number of rotatable bonds is 6. The topological polar surface area (TPSA) is 54.0 Å². The van der Waals surface area contributed by atoms with E-state index in [1.165, 1.54) is 0 Å². The van der Waals surface area contributed by atoms with Gasteiger partial charge in [0, 0.05) is 18.5 Å². The number of carbonyl (C=O) groups is 1. The average Bonchev–Trinajstić information content (AvgIpc) is 2.79. The molecule has 0 aliphatic carbocycles. The van der Waals surface area contributed by atoms with Crippen LogP contribution >= 0.6 is 11.3 Å². The Hall–Kier alpha value is -0.940. The highest BCUT2D eigenvalue weighted by Gasteiger charge is 2.21. The van der Waals surface area contributed by atoms with Gasteiger partial charge in [-0.05, 0) is 19.3 Å². The molecular formula is C12H21N3OS. The fourth-order valence-corrected chi connectivity index (χ4v) is 2.37. The molecule has 0 aliphatic rings. The molecule has 1 aromatic rings. The number of nitrogens with one attached hydrogen (secondary N) is 2. The van der Waals surface area contributed by atoms with Gasteiger partial charge in [-0.2, -0.15) is 0 Å². The molecule has 1 amide bonds. The normalized spacial score (nSPS) is 14.6. The van der Waals surface area contributed by atoms with Crippen LogP contribution in [0.15, 0.2) is 10.9 Å². The molecule has 17 heavy (non-hydrogen) atoms. The van der Waals surface area contributed by atoms with E-state index in [0.717, 1.165) is 12.1 Å². The van der Waals surface area contributed by atoms with E-state index in [9.17, 15) is 4.79 Å². The SMILES string of the molecule is CNC(=O)C(CC(C)C)NC(C)c1cscn1. The smallest absolute Gasteiger partial charge is 0.236 e. The van der Waals surface area contributed by atoms with Crippen molar-refractivity contribution in [2.45, 2.75) is 39.3 Å². The largest absolute Gasteiger partial charge is 0.358 e. The van der Waals surface area contributed by atoms with Crippen LogP contribution in [0, 0.1) is 5.92 Å². The van der Waals surface area contributed by atoms with E-state index < -0.39 is 0 Å². The number of amides is 1. The molecule has 1 heterocycles. The number of nitrogens with zero attached hydrogens (tertiary/aromatic N) is 1. The Morgan fingerprint density at radius 2 is 2.18 bits per heavy atom. The van der Waals surface area contributed by atoms with Crippen molar-refractivity contribution in [1.29, 1.82) is 0 Å². The van der Waals surface area contributed by atoms with Crippen molar-refractivity contribution in [1.82, 2.24) is 15.6 Å². The van der Waals surface area contributed by atoms with Gasteiger partial charge in [0.2, 0.25) is 5.91 Å². The van der Waals surface area contributed by atoms with E-state index in [4.69, 9.17) is 0 Å². The monoisotopic (exact) mass is 255 g/mol. The molecular weight excluding hydrogens is 234 g/mol. The van der Waals surface area contributed by atoms with Crippen LogP contribution < -0.4 is 10.6 Å². The summed E-state index contributed by atoms with van der Waals surface area (Å²) >= 11 is 1.57. The maximum atomic E-state index is 11.8. The van der Waals surface area contributed by atoms with Crippen LogP contribution in [0.5, 0.6) is 0 Å². The lowest BCUT2D eigenvalue weighted by atomic mass is 10.0. The lowest BCUT2D eigenvalue weighted by Gasteiger charge is -2.22. The van der Waals surface area contributed by atoms with Gasteiger partial charge in [0.15, 0.2) is 0 Å². The average molecular weight is 255 g/mol. The molecule has 5 heteroatoms. The Kier molecular flexibility index (Phi) is 5.58. The molecule has 4 nitrogen and oxygen atoms in total. The first-order valence-corrected chi connectivity index (χ1v) is 6.84. The molecule has 0 saturated carbocycles. The van der Waals surface area contributed by atoms with E-state index >= 15 is 0 Å². The van der Waals surface area contributed by atoms with E-state index in [1.807, 2.05) is 17.8 Å². The third kappa shape index (κ3) is 4.44. The highest BCUT2D eigenvalue weighted by molar-refractivity contribution is 7.07. The standard InChI is InChI=1S/C12H21N3OS/c1-8(2)5-10(12(16)13-4)15-9(3)11-6-17-7-14-11/h6-10,15H,5H2,1-4H3,(H,13,16). The highest BCUT2D eigenvalue weighted by Crippen LogP contribution is 2.15. The van der Waals surface area contributed by atoms with E-state index in [-0.39, 0.29) is 18.0 Å². The van der Waals surface area contributed by atoms with Gasteiger partial charge in [-0.15, -0.1) is 11.3 Å². The van der Waals surface area contributed by atoms with Crippen LogP contribution in [0.2, 0.25) is 0 Å². The minimum absolute atomic E-state index is 0.0424. The van der Waals surface area contributed by atoms with E-state index in [1.54, 1.807) is 18.4 Å². The zero-order valence-corrected chi connectivity index (χ0v) is 11.7. The zero-order valence-electron chi connectivity index (χ0n) is 10.9. The van der Waals surface area contributed by atoms with Gasteiger partial charge < -0.3 is 5.32 Å². The van der Waals surface area contributed by atoms with Gasteiger partial charge >= 0.3 is 0 Å². The first-order chi connectivity index (χ1) is 8.04. The first-order valence-electron chi connectivity index (χ1n) is 5.90. The van der Waals surface area contributed by atoms with Gasteiger partial charge in [-0.3, -0.25) is 10.1 Å². The molecule has 2 atom stereocenters. The molecule has 0 aromatic carbocycles. The number of likely N-dealkylation sites (N-methyl/N-ethyl adjacent to an activating group) is 1. The summed E-state index contributed by atoms with van der Waals surface area (Å²) in [6, 6.07) is -0.0565. The molecule has 0 aliphatic heterocycles. The number of aromatic nitrogens is 1. The number of hydrogen-bond donors (Lipinski definition) is 2. The summed E-state index contributed by atoms with van der Waals surface area (Å²) < 4.78 is 0. The number of hydrogen-bond acceptors (Lipinski definition) is 4.